The lowest BCUT2D eigenvalue weighted by Crippen LogP contribution is -2.55. The zero-order valence-electron chi connectivity index (χ0n) is 19.1. The van der Waals surface area contributed by atoms with Gasteiger partial charge in [0.05, 0.1) is 0 Å². The van der Waals surface area contributed by atoms with Crippen LogP contribution >= 0.6 is 0 Å². The summed E-state index contributed by atoms with van der Waals surface area (Å²) in [7, 11) is 0. The first-order valence-corrected chi connectivity index (χ1v) is 12.0. The molecular weight excluding hydrogens is 408 g/mol. The Morgan fingerprint density at radius 3 is 2.56 bits per heavy atom. The molecule has 0 radical (unpaired) electrons. The summed E-state index contributed by atoms with van der Waals surface area (Å²) in [5.74, 6) is 1.49. The minimum Gasteiger partial charge on any atom is -0.458 e. The van der Waals surface area contributed by atoms with E-state index in [2.05, 4.69) is 27.7 Å². The fraction of sp³-hybridized carbons (Fsp3) is 0.696. The molecular formula is C23H34N6O3. The van der Waals surface area contributed by atoms with Crippen LogP contribution in [0.1, 0.15) is 76.9 Å². The average molecular weight is 443 g/mol. The highest BCUT2D eigenvalue weighted by atomic mass is 16.3. The molecule has 0 unspecified atom stereocenters. The maximum atomic E-state index is 13.5. The van der Waals surface area contributed by atoms with Gasteiger partial charge in [0, 0.05) is 12.1 Å². The van der Waals surface area contributed by atoms with Gasteiger partial charge in [-0.1, -0.05) is 39.0 Å². The molecule has 4 rings (SSSR count). The van der Waals surface area contributed by atoms with Crippen LogP contribution in [0.4, 0.5) is 0 Å². The van der Waals surface area contributed by atoms with E-state index in [-0.39, 0.29) is 30.4 Å². The molecule has 32 heavy (non-hydrogen) atoms. The fourth-order valence-electron chi connectivity index (χ4n) is 5.02. The lowest BCUT2D eigenvalue weighted by atomic mass is 10.0. The first-order valence-electron chi connectivity index (χ1n) is 12.0. The van der Waals surface area contributed by atoms with Gasteiger partial charge >= 0.3 is 0 Å². The van der Waals surface area contributed by atoms with Crippen molar-refractivity contribution in [1.82, 2.24) is 30.4 Å². The Balaban J connectivity index is 1.51. The predicted molar refractivity (Wildman–Crippen MR) is 118 cm³/mol. The number of tetrazole rings is 1. The van der Waals surface area contributed by atoms with E-state index in [1.165, 1.54) is 4.80 Å². The summed E-state index contributed by atoms with van der Waals surface area (Å²) >= 11 is 0. The summed E-state index contributed by atoms with van der Waals surface area (Å²) < 4.78 is 5.55. The van der Waals surface area contributed by atoms with E-state index in [1.54, 1.807) is 6.07 Å². The quantitative estimate of drug-likeness (QED) is 0.639. The Kier molecular flexibility index (Phi) is 7.22. The molecule has 2 heterocycles. The molecule has 1 N–H and O–H groups in total. The van der Waals surface area contributed by atoms with E-state index >= 15 is 0 Å². The Bertz CT molecular complexity index is 910. The third-order valence-electron chi connectivity index (χ3n) is 6.60. The highest BCUT2D eigenvalue weighted by Gasteiger charge is 2.37. The molecule has 9 nitrogen and oxygen atoms in total. The van der Waals surface area contributed by atoms with Crippen LogP contribution in [-0.2, 0) is 16.1 Å². The van der Waals surface area contributed by atoms with Crippen LogP contribution in [0, 0.1) is 6.92 Å². The van der Waals surface area contributed by atoms with Crippen LogP contribution in [0.3, 0.4) is 0 Å². The van der Waals surface area contributed by atoms with E-state index in [9.17, 15) is 9.59 Å². The number of carbonyl (C=O) groups excluding carboxylic acids is 2. The van der Waals surface area contributed by atoms with Crippen molar-refractivity contribution in [3.63, 3.8) is 0 Å². The molecule has 0 aromatic carbocycles. The fourth-order valence-corrected chi connectivity index (χ4v) is 5.02. The number of amides is 2. The van der Waals surface area contributed by atoms with Gasteiger partial charge in [-0.2, -0.15) is 4.80 Å². The van der Waals surface area contributed by atoms with Gasteiger partial charge in [-0.05, 0) is 56.4 Å². The zero-order valence-corrected chi connectivity index (χ0v) is 19.1. The monoisotopic (exact) mass is 442 g/mol. The molecule has 174 valence electrons. The number of carbonyl (C=O) groups is 2. The van der Waals surface area contributed by atoms with Crippen LogP contribution in [0.25, 0.3) is 11.6 Å². The molecule has 0 aliphatic heterocycles. The number of aromatic nitrogens is 4. The van der Waals surface area contributed by atoms with Crippen molar-refractivity contribution in [2.75, 3.05) is 0 Å². The SMILES string of the molecule is CCC[C@@H](C(=O)NC1CCCC1)N(C(=O)Cn1nnc(-c2ccc(C)o2)n1)C1CCCC1. The Labute approximate surface area is 188 Å². The smallest absolute Gasteiger partial charge is 0.247 e. The largest absolute Gasteiger partial charge is 0.458 e. The number of hydrogen-bond acceptors (Lipinski definition) is 6. The van der Waals surface area contributed by atoms with Crippen molar-refractivity contribution < 1.29 is 14.0 Å². The minimum absolute atomic E-state index is 0.0164. The molecule has 2 fully saturated rings. The molecule has 9 heteroatoms. The molecule has 0 bridgehead atoms. The number of furan rings is 1. The summed E-state index contributed by atoms with van der Waals surface area (Å²) in [5.41, 5.74) is 0. The van der Waals surface area contributed by atoms with E-state index in [0.29, 0.717) is 18.0 Å². The van der Waals surface area contributed by atoms with Crippen LogP contribution < -0.4 is 5.32 Å². The zero-order chi connectivity index (χ0) is 22.5. The number of nitrogens with one attached hydrogen (secondary N) is 1. The number of rotatable bonds is 9. The Morgan fingerprint density at radius 2 is 1.91 bits per heavy atom. The van der Waals surface area contributed by atoms with Crippen molar-refractivity contribution in [2.24, 2.45) is 0 Å². The predicted octanol–water partition coefficient (Wildman–Crippen LogP) is 3.24. The average Bonchev–Trinajstić information content (AvgIpc) is 3.56. The van der Waals surface area contributed by atoms with Gasteiger partial charge in [0.2, 0.25) is 17.6 Å². The Hall–Kier alpha value is -2.71. The summed E-state index contributed by atoms with van der Waals surface area (Å²) in [6.07, 6.45) is 9.90. The van der Waals surface area contributed by atoms with Gasteiger partial charge in [-0.3, -0.25) is 9.59 Å². The van der Waals surface area contributed by atoms with E-state index in [0.717, 1.165) is 63.5 Å². The molecule has 2 aliphatic carbocycles. The number of nitrogens with zero attached hydrogens (tertiary/aromatic N) is 5. The van der Waals surface area contributed by atoms with Crippen molar-refractivity contribution in [3.05, 3.63) is 17.9 Å². The lowest BCUT2D eigenvalue weighted by Gasteiger charge is -2.36. The van der Waals surface area contributed by atoms with E-state index in [4.69, 9.17) is 4.42 Å². The highest BCUT2D eigenvalue weighted by Crippen LogP contribution is 2.28. The van der Waals surface area contributed by atoms with Crippen molar-refractivity contribution in [1.29, 1.82) is 0 Å². The molecule has 2 aliphatic rings. The first-order chi connectivity index (χ1) is 15.5. The minimum atomic E-state index is -0.452. The van der Waals surface area contributed by atoms with Gasteiger partial charge in [-0.15, -0.1) is 10.2 Å². The van der Waals surface area contributed by atoms with Crippen LogP contribution in [0.15, 0.2) is 16.5 Å². The van der Waals surface area contributed by atoms with Crippen molar-refractivity contribution in [3.8, 4) is 11.6 Å². The summed E-state index contributed by atoms with van der Waals surface area (Å²) in [4.78, 5) is 29.9. The van der Waals surface area contributed by atoms with Crippen LogP contribution in [0.2, 0.25) is 0 Å². The standard InChI is InChI=1S/C23H34N6O3/c1-3-8-19(23(31)24-17-9-4-5-10-17)29(18-11-6-7-12-18)21(30)15-28-26-22(25-27-28)20-14-13-16(2)32-20/h13-14,17-19H,3-12,15H2,1-2H3,(H,24,31)/t19-/m0/s1. The van der Waals surface area contributed by atoms with Crippen molar-refractivity contribution in [2.45, 2.75) is 103 Å². The van der Waals surface area contributed by atoms with E-state index < -0.39 is 6.04 Å². The third-order valence-corrected chi connectivity index (χ3v) is 6.60. The molecule has 2 aromatic heterocycles. The molecule has 0 spiro atoms. The number of aryl methyl sites for hydroxylation is 1. The van der Waals surface area contributed by atoms with E-state index in [1.807, 2.05) is 17.9 Å². The van der Waals surface area contributed by atoms with Gasteiger partial charge < -0.3 is 14.6 Å². The Morgan fingerprint density at radius 1 is 1.19 bits per heavy atom. The summed E-state index contributed by atoms with van der Waals surface area (Å²) in [5, 5.41) is 15.6. The molecule has 0 saturated heterocycles. The second-order valence-electron chi connectivity index (χ2n) is 9.09. The van der Waals surface area contributed by atoms with Crippen LogP contribution in [0.5, 0.6) is 0 Å². The number of hydrogen-bond donors (Lipinski definition) is 1. The topological polar surface area (TPSA) is 106 Å². The highest BCUT2D eigenvalue weighted by molar-refractivity contribution is 5.88. The summed E-state index contributed by atoms with van der Waals surface area (Å²) in [6, 6.07) is 3.49. The van der Waals surface area contributed by atoms with Gasteiger partial charge in [0.1, 0.15) is 18.3 Å². The molecule has 2 saturated carbocycles. The third kappa shape index (κ3) is 5.19. The van der Waals surface area contributed by atoms with Gasteiger partial charge in [0.15, 0.2) is 5.76 Å². The molecule has 2 amide bonds. The molecule has 2 aromatic rings. The van der Waals surface area contributed by atoms with Crippen molar-refractivity contribution >= 4 is 11.8 Å². The second-order valence-corrected chi connectivity index (χ2v) is 9.09. The first kappa shape index (κ1) is 22.5. The summed E-state index contributed by atoms with van der Waals surface area (Å²) in [6.45, 7) is 3.87. The maximum Gasteiger partial charge on any atom is 0.247 e. The van der Waals surface area contributed by atoms with Gasteiger partial charge in [-0.25, -0.2) is 0 Å². The molecule has 1 atom stereocenters. The van der Waals surface area contributed by atoms with Crippen LogP contribution in [-0.4, -0.2) is 55.0 Å². The second kappa shape index (κ2) is 10.3. The maximum absolute atomic E-state index is 13.5. The lowest BCUT2D eigenvalue weighted by molar-refractivity contribution is -0.144. The van der Waals surface area contributed by atoms with Gasteiger partial charge in [0.25, 0.3) is 0 Å². The normalized spacial score (nSPS) is 18.2.